The minimum atomic E-state index is -1.43. The average molecular weight is 542 g/mol. The second kappa shape index (κ2) is 16.6. The summed E-state index contributed by atoms with van der Waals surface area (Å²) < 4.78 is 0. The summed E-state index contributed by atoms with van der Waals surface area (Å²) in [5.74, 6) is -6.30. The third kappa shape index (κ3) is 12.3. The van der Waals surface area contributed by atoms with Crippen molar-refractivity contribution in [1.82, 2.24) is 25.9 Å². The summed E-state index contributed by atoms with van der Waals surface area (Å²) in [6.45, 7) is 0.316. The molecule has 0 saturated heterocycles. The highest BCUT2D eigenvalue weighted by Gasteiger charge is 2.31. The van der Waals surface area contributed by atoms with E-state index in [1.807, 2.05) is 0 Å². The van der Waals surface area contributed by atoms with Crippen molar-refractivity contribution in [3.8, 4) is 0 Å². The van der Waals surface area contributed by atoms with Crippen molar-refractivity contribution in [2.75, 3.05) is 6.54 Å². The molecule has 38 heavy (non-hydrogen) atoms. The van der Waals surface area contributed by atoms with E-state index in [1.165, 1.54) is 12.5 Å². The molecule has 1 aromatic heterocycles. The Bertz CT molecular complexity index is 955. The smallest absolute Gasteiger partial charge is 0.326 e. The molecule has 0 aromatic carbocycles. The first-order valence-corrected chi connectivity index (χ1v) is 11.9. The number of H-pyrrole nitrogens is 1. The molecule has 1 rings (SSSR count). The number of nitrogens with two attached hydrogens (primary N) is 2. The molecule has 11 N–H and O–H groups in total. The first-order valence-electron chi connectivity index (χ1n) is 11.9. The third-order valence-electron chi connectivity index (χ3n) is 5.46. The molecule has 4 unspecified atom stereocenters. The van der Waals surface area contributed by atoms with Crippen LogP contribution in [0, 0.1) is 0 Å². The highest BCUT2D eigenvalue weighted by Crippen LogP contribution is 2.07. The zero-order valence-electron chi connectivity index (χ0n) is 20.7. The van der Waals surface area contributed by atoms with Gasteiger partial charge in [-0.05, 0) is 38.6 Å². The highest BCUT2D eigenvalue weighted by atomic mass is 16.4. The molecule has 16 heteroatoms. The number of hydrogen-bond donors (Lipinski definition) is 9. The van der Waals surface area contributed by atoms with Crippen molar-refractivity contribution < 1.29 is 44.1 Å². The third-order valence-corrected chi connectivity index (χ3v) is 5.46. The van der Waals surface area contributed by atoms with E-state index in [2.05, 4.69) is 25.9 Å². The van der Waals surface area contributed by atoms with Crippen molar-refractivity contribution >= 4 is 35.6 Å². The summed E-state index contributed by atoms with van der Waals surface area (Å²) in [5.41, 5.74) is 11.6. The largest absolute Gasteiger partial charge is 0.481 e. The van der Waals surface area contributed by atoms with Crippen LogP contribution in [0.25, 0.3) is 0 Å². The molecule has 1 aromatic rings. The summed E-state index contributed by atoms with van der Waals surface area (Å²) in [5, 5.41) is 34.5. The fourth-order valence-corrected chi connectivity index (χ4v) is 3.35. The summed E-state index contributed by atoms with van der Waals surface area (Å²) in [6, 6.07) is -5.23. The van der Waals surface area contributed by atoms with Crippen LogP contribution in [0.3, 0.4) is 0 Å². The Hall–Kier alpha value is -4.05. The van der Waals surface area contributed by atoms with E-state index in [0.29, 0.717) is 25.1 Å². The van der Waals surface area contributed by atoms with E-state index < -0.39 is 66.2 Å². The Morgan fingerprint density at radius 3 is 1.89 bits per heavy atom. The van der Waals surface area contributed by atoms with Crippen LogP contribution < -0.4 is 27.4 Å². The van der Waals surface area contributed by atoms with Crippen LogP contribution in [0.15, 0.2) is 12.5 Å². The Kier molecular flexibility index (Phi) is 14.0. The van der Waals surface area contributed by atoms with E-state index >= 15 is 0 Å². The SMILES string of the molecule is NCCCCC(NC(=O)C(N)CCC(=O)O)C(=O)NC(CCC(=O)O)C(=O)NC(Cc1cnc[nH]1)C(=O)O. The van der Waals surface area contributed by atoms with E-state index in [0.717, 1.165) is 0 Å². The van der Waals surface area contributed by atoms with Gasteiger partial charge >= 0.3 is 17.9 Å². The second-order valence-electron chi connectivity index (χ2n) is 8.56. The molecule has 0 radical (unpaired) electrons. The van der Waals surface area contributed by atoms with Crippen LogP contribution in [0.5, 0.6) is 0 Å². The fraction of sp³-hybridized carbons (Fsp3) is 0.591. The molecule has 0 aliphatic heterocycles. The number of carboxylic acids is 3. The summed E-state index contributed by atoms with van der Waals surface area (Å²) in [7, 11) is 0. The molecule has 0 saturated carbocycles. The topological polar surface area (TPSA) is 280 Å². The first-order chi connectivity index (χ1) is 17.9. The van der Waals surface area contributed by atoms with Crippen LogP contribution in [-0.4, -0.2) is 91.6 Å². The number of nitrogens with zero attached hydrogens (tertiary/aromatic N) is 1. The number of hydrogen-bond acceptors (Lipinski definition) is 9. The van der Waals surface area contributed by atoms with Gasteiger partial charge in [0.2, 0.25) is 17.7 Å². The van der Waals surface area contributed by atoms with Gasteiger partial charge in [-0.1, -0.05) is 0 Å². The van der Waals surface area contributed by atoms with Crippen molar-refractivity contribution in [3.63, 3.8) is 0 Å². The van der Waals surface area contributed by atoms with E-state index in [9.17, 15) is 33.9 Å². The van der Waals surface area contributed by atoms with Crippen LogP contribution in [0.2, 0.25) is 0 Å². The predicted molar refractivity (Wildman–Crippen MR) is 130 cm³/mol. The number of carboxylic acid groups (broad SMARTS) is 3. The lowest BCUT2D eigenvalue weighted by Crippen LogP contribution is -2.57. The quantitative estimate of drug-likeness (QED) is 0.0834. The molecule has 0 aliphatic carbocycles. The van der Waals surface area contributed by atoms with Crippen molar-refractivity contribution in [3.05, 3.63) is 18.2 Å². The molecule has 16 nitrogen and oxygen atoms in total. The van der Waals surface area contributed by atoms with Gasteiger partial charge in [0.1, 0.15) is 18.1 Å². The number of aromatic nitrogens is 2. The molecular formula is C22H35N7O9. The lowest BCUT2D eigenvalue weighted by atomic mass is 10.0. The number of nitrogens with one attached hydrogen (secondary N) is 4. The molecule has 0 spiro atoms. The molecule has 212 valence electrons. The average Bonchev–Trinajstić information content (AvgIpc) is 3.36. The number of carbonyl (C=O) groups excluding carboxylic acids is 3. The van der Waals surface area contributed by atoms with Gasteiger partial charge in [-0.15, -0.1) is 0 Å². The molecule has 4 atom stereocenters. The van der Waals surface area contributed by atoms with Crippen molar-refractivity contribution in [2.45, 2.75) is 75.5 Å². The monoisotopic (exact) mass is 541 g/mol. The number of aliphatic carboxylic acids is 3. The van der Waals surface area contributed by atoms with Crippen LogP contribution in [0.1, 0.15) is 50.6 Å². The van der Waals surface area contributed by atoms with Gasteiger partial charge in [0, 0.05) is 31.2 Å². The second-order valence-corrected chi connectivity index (χ2v) is 8.56. The summed E-state index contributed by atoms with van der Waals surface area (Å²) in [4.78, 5) is 78.4. The number of rotatable bonds is 19. The Labute approximate surface area is 217 Å². The molecular weight excluding hydrogens is 506 g/mol. The van der Waals surface area contributed by atoms with Gasteiger partial charge < -0.3 is 47.7 Å². The first kappa shape index (κ1) is 32.0. The fourth-order valence-electron chi connectivity index (χ4n) is 3.35. The minimum absolute atomic E-state index is 0.102. The van der Waals surface area contributed by atoms with Gasteiger partial charge in [-0.2, -0.15) is 0 Å². The Balaban J connectivity index is 3.00. The molecule has 0 fully saturated rings. The van der Waals surface area contributed by atoms with Crippen LogP contribution in [0.4, 0.5) is 0 Å². The maximum absolute atomic E-state index is 13.0. The van der Waals surface area contributed by atoms with E-state index in [-0.39, 0.29) is 32.1 Å². The maximum atomic E-state index is 13.0. The number of unbranched alkanes of at least 4 members (excludes halogenated alkanes) is 1. The zero-order chi connectivity index (χ0) is 28.7. The standard InChI is InChI=1S/C22H35N7O9/c23-8-2-1-3-14(27-19(34)13(24)4-6-17(30)31)20(35)28-15(5-7-18(32)33)21(36)29-16(22(37)38)9-12-10-25-11-26-12/h10-11,13-16H,1-9,23-24H2,(H,25,26)(H,27,34)(H,28,35)(H,29,36)(H,30,31)(H,32,33)(H,37,38). The minimum Gasteiger partial charge on any atom is -0.481 e. The molecule has 1 heterocycles. The molecule has 0 bridgehead atoms. The van der Waals surface area contributed by atoms with Crippen LogP contribution in [-0.2, 0) is 35.2 Å². The summed E-state index contributed by atoms with van der Waals surface area (Å²) >= 11 is 0. The Morgan fingerprint density at radius 1 is 0.816 bits per heavy atom. The number of amides is 3. The molecule has 3 amide bonds. The van der Waals surface area contributed by atoms with Gasteiger partial charge in [0.25, 0.3) is 0 Å². The lowest BCUT2D eigenvalue weighted by molar-refractivity contribution is -0.143. The summed E-state index contributed by atoms with van der Waals surface area (Å²) in [6.07, 6.45) is 2.19. The van der Waals surface area contributed by atoms with Gasteiger partial charge in [-0.25, -0.2) is 9.78 Å². The predicted octanol–water partition coefficient (Wildman–Crippen LogP) is -2.32. The van der Waals surface area contributed by atoms with Crippen molar-refractivity contribution in [2.24, 2.45) is 11.5 Å². The normalized spacial score (nSPS) is 13.9. The van der Waals surface area contributed by atoms with Gasteiger partial charge in [-0.3, -0.25) is 24.0 Å². The lowest BCUT2D eigenvalue weighted by Gasteiger charge is -2.25. The van der Waals surface area contributed by atoms with Gasteiger partial charge in [0.15, 0.2) is 0 Å². The Morgan fingerprint density at radius 2 is 1.37 bits per heavy atom. The van der Waals surface area contributed by atoms with Crippen LogP contribution >= 0.6 is 0 Å². The molecule has 0 aliphatic rings. The zero-order valence-corrected chi connectivity index (χ0v) is 20.7. The van der Waals surface area contributed by atoms with Gasteiger partial charge in [0.05, 0.1) is 12.4 Å². The van der Waals surface area contributed by atoms with Crippen molar-refractivity contribution in [1.29, 1.82) is 0 Å². The highest BCUT2D eigenvalue weighted by molar-refractivity contribution is 5.94. The number of aromatic amines is 1. The maximum Gasteiger partial charge on any atom is 0.326 e. The number of carbonyl (C=O) groups is 6. The number of imidazole rings is 1. The van der Waals surface area contributed by atoms with E-state index in [4.69, 9.17) is 21.7 Å². The van der Waals surface area contributed by atoms with E-state index in [1.54, 1.807) is 0 Å².